The summed E-state index contributed by atoms with van der Waals surface area (Å²) in [5, 5.41) is 4.85. The first-order valence-corrected chi connectivity index (χ1v) is 9.07. The van der Waals surface area contributed by atoms with Crippen LogP contribution in [0.3, 0.4) is 0 Å². The van der Waals surface area contributed by atoms with E-state index in [1.165, 1.54) is 37.0 Å². The lowest BCUT2D eigenvalue weighted by Crippen LogP contribution is -2.47. The van der Waals surface area contributed by atoms with Gasteiger partial charge in [-0.05, 0) is 36.8 Å². The molecule has 2 fully saturated rings. The fourth-order valence-electron chi connectivity index (χ4n) is 3.58. The lowest BCUT2D eigenvalue weighted by atomic mass is 9.78. The highest BCUT2D eigenvalue weighted by atomic mass is 32.2. The Hall–Kier alpha value is -1.03. The second-order valence-electron chi connectivity index (χ2n) is 6.48. The van der Waals surface area contributed by atoms with Gasteiger partial charge in [-0.15, -0.1) is 0 Å². The van der Waals surface area contributed by atoms with Crippen LogP contribution in [0.5, 0.6) is 0 Å². The molecule has 1 saturated carbocycles. The van der Waals surface area contributed by atoms with E-state index in [-0.39, 0.29) is 0 Å². The lowest BCUT2D eigenvalue weighted by molar-refractivity contribution is 0.242. The maximum Gasteiger partial charge on any atom is 0.157 e. The maximum absolute atomic E-state index is 4.78. The smallest absolute Gasteiger partial charge is 0.157 e. The predicted octanol–water partition coefficient (Wildman–Crippen LogP) is 3.79. The number of hydrogen-bond acceptors (Lipinski definition) is 3. The van der Waals surface area contributed by atoms with Gasteiger partial charge in [-0.2, -0.15) is 0 Å². The Morgan fingerprint density at radius 2 is 2.43 bits per heavy atom. The first-order valence-electron chi connectivity index (χ1n) is 8.09. The highest BCUT2D eigenvalue weighted by Gasteiger charge is 2.40. The summed E-state index contributed by atoms with van der Waals surface area (Å²) in [4.78, 5) is 9.27. The molecule has 0 radical (unpaired) electrons. The zero-order valence-electron chi connectivity index (χ0n) is 13.1. The van der Waals surface area contributed by atoms with E-state index in [9.17, 15) is 0 Å². The second-order valence-corrected chi connectivity index (χ2v) is 7.44. The quantitative estimate of drug-likeness (QED) is 0.923. The van der Waals surface area contributed by atoms with Crippen molar-refractivity contribution in [2.45, 2.75) is 58.0 Å². The van der Waals surface area contributed by atoms with Gasteiger partial charge in [0.15, 0.2) is 5.17 Å². The Bertz CT molecular complexity index is 529. The summed E-state index contributed by atoms with van der Waals surface area (Å²) in [6.45, 7) is 5.25. The molecule has 1 N–H and O–H groups in total. The third-order valence-electron chi connectivity index (χ3n) is 4.69. The van der Waals surface area contributed by atoms with Crippen LogP contribution in [-0.2, 0) is 13.0 Å². The molecular formula is C17H25N3S. The van der Waals surface area contributed by atoms with Gasteiger partial charge in [0.05, 0.1) is 12.2 Å². The van der Waals surface area contributed by atoms with Crippen LogP contribution < -0.4 is 5.32 Å². The number of thioether (sulfide) groups is 1. The van der Waals surface area contributed by atoms with Gasteiger partial charge in [0.2, 0.25) is 0 Å². The van der Waals surface area contributed by atoms with Crippen molar-refractivity contribution in [3.63, 3.8) is 0 Å². The van der Waals surface area contributed by atoms with Gasteiger partial charge in [0.25, 0.3) is 0 Å². The summed E-state index contributed by atoms with van der Waals surface area (Å²) in [6.07, 6.45) is 8.22. The lowest BCUT2D eigenvalue weighted by Gasteiger charge is -2.36. The van der Waals surface area contributed by atoms with Gasteiger partial charge in [-0.25, -0.2) is 0 Å². The molecule has 3 rings (SSSR count). The average Bonchev–Trinajstić information content (AvgIpc) is 2.87. The average molecular weight is 303 g/mol. The Morgan fingerprint density at radius 3 is 3.24 bits per heavy atom. The van der Waals surface area contributed by atoms with Crippen molar-refractivity contribution >= 4 is 16.9 Å². The van der Waals surface area contributed by atoms with Gasteiger partial charge >= 0.3 is 0 Å². The van der Waals surface area contributed by atoms with E-state index >= 15 is 0 Å². The normalized spacial score (nSPS) is 30.8. The van der Waals surface area contributed by atoms with E-state index in [1.54, 1.807) is 0 Å². The Balaban J connectivity index is 1.66. The fraction of sp³-hybridized carbons (Fsp3) is 0.647. The van der Waals surface area contributed by atoms with Crippen LogP contribution in [-0.4, -0.2) is 21.4 Å². The van der Waals surface area contributed by atoms with Crippen LogP contribution in [0.15, 0.2) is 23.3 Å². The zero-order valence-corrected chi connectivity index (χ0v) is 13.9. The molecule has 0 aromatic carbocycles. The molecule has 4 heteroatoms. The number of pyridine rings is 1. The van der Waals surface area contributed by atoms with E-state index in [0.29, 0.717) is 12.1 Å². The molecule has 1 aromatic heterocycles. The highest BCUT2D eigenvalue weighted by molar-refractivity contribution is 8.14. The number of aliphatic imine (C=N–C) groups is 1. The first kappa shape index (κ1) is 14.9. The van der Waals surface area contributed by atoms with Crippen LogP contribution >= 0.6 is 11.8 Å². The number of aryl methyl sites for hydroxylation is 1. The molecule has 2 heterocycles. The number of hydrogen-bond donors (Lipinski definition) is 1. The van der Waals surface area contributed by atoms with Gasteiger partial charge in [0, 0.05) is 17.5 Å². The molecule has 1 aromatic rings. The van der Waals surface area contributed by atoms with E-state index in [2.05, 4.69) is 30.2 Å². The number of amidine groups is 1. The number of aromatic nitrogens is 1. The fourth-order valence-corrected chi connectivity index (χ4v) is 4.77. The Labute approximate surface area is 132 Å². The minimum Gasteiger partial charge on any atom is -0.359 e. The molecule has 0 bridgehead atoms. The number of nitrogens with zero attached hydrogens (tertiary/aromatic N) is 2. The molecule has 2 atom stereocenters. The molecule has 21 heavy (non-hydrogen) atoms. The summed E-state index contributed by atoms with van der Waals surface area (Å²) in [6, 6.07) is 4.17. The van der Waals surface area contributed by atoms with Crippen LogP contribution in [0, 0.1) is 5.92 Å². The molecule has 1 saturated heterocycles. The summed E-state index contributed by atoms with van der Waals surface area (Å²) >= 11 is 1.89. The standard InChI is InChI=1S/C17H25N3S/c1-3-14-7-5-9-18-15(14)11-19-16-20-17(12-21-16)8-4-6-13(2)10-17/h5,7,9,13H,3-4,6,8,10-12H2,1-2H3,(H,19,20). The molecule has 0 amide bonds. The summed E-state index contributed by atoms with van der Waals surface area (Å²) < 4.78 is 0. The van der Waals surface area contributed by atoms with Crippen LogP contribution in [0.2, 0.25) is 0 Å². The van der Waals surface area contributed by atoms with Crippen molar-refractivity contribution in [1.82, 2.24) is 10.3 Å². The molecule has 2 unspecified atom stereocenters. The molecule has 3 nitrogen and oxygen atoms in total. The van der Waals surface area contributed by atoms with E-state index in [4.69, 9.17) is 4.99 Å². The number of rotatable bonds is 3. The van der Waals surface area contributed by atoms with Crippen LogP contribution in [0.4, 0.5) is 0 Å². The van der Waals surface area contributed by atoms with E-state index < -0.39 is 0 Å². The summed E-state index contributed by atoms with van der Waals surface area (Å²) in [5.41, 5.74) is 2.75. The SMILES string of the molecule is CCc1cccnc1CN=C1NC2(CCCC(C)C2)CS1. The van der Waals surface area contributed by atoms with Gasteiger partial charge in [-0.3, -0.25) is 9.98 Å². The van der Waals surface area contributed by atoms with Crippen molar-refractivity contribution < 1.29 is 0 Å². The summed E-state index contributed by atoms with van der Waals surface area (Å²) in [7, 11) is 0. The molecule has 114 valence electrons. The monoisotopic (exact) mass is 303 g/mol. The highest BCUT2D eigenvalue weighted by Crippen LogP contribution is 2.38. The molecule has 2 aliphatic rings. The van der Waals surface area contributed by atoms with E-state index in [1.807, 2.05) is 24.0 Å². The van der Waals surface area contributed by atoms with Crippen LogP contribution in [0.1, 0.15) is 50.8 Å². The topological polar surface area (TPSA) is 37.3 Å². The maximum atomic E-state index is 4.78. The first-order chi connectivity index (χ1) is 10.2. The number of nitrogens with one attached hydrogen (secondary N) is 1. The van der Waals surface area contributed by atoms with E-state index in [0.717, 1.165) is 23.2 Å². The largest absolute Gasteiger partial charge is 0.359 e. The molecular weight excluding hydrogens is 278 g/mol. The van der Waals surface area contributed by atoms with Crippen LogP contribution in [0.25, 0.3) is 0 Å². The minimum absolute atomic E-state index is 0.318. The Morgan fingerprint density at radius 1 is 1.52 bits per heavy atom. The second kappa shape index (κ2) is 6.39. The van der Waals surface area contributed by atoms with Gasteiger partial charge in [-0.1, -0.05) is 44.5 Å². The summed E-state index contributed by atoms with van der Waals surface area (Å²) in [5.74, 6) is 2.02. The van der Waals surface area contributed by atoms with Crippen molar-refractivity contribution in [1.29, 1.82) is 0 Å². The van der Waals surface area contributed by atoms with Crippen molar-refractivity contribution in [2.24, 2.45) is 10.9 Å². The zero-order chi connectivity index (χ0) is 14.7. The third kappa shape index (κ3) is 3.42. The van der Waals surface area contributed by atoms with Crippen molar-refractivity contribution in [3.05, 3.63) is 29.6 Å². The Kier molecular flexibility index (Phi) is 4.53. The van der Waals surface area contributed by atoms with Gasteiger partial charge in [0.1, 0.15) is 0 Å². The van der Waals surface area contributed by atoms with Crippen molar-refractivity contribution in [3.8, 4) is 0 Å². The minimum atomic E-state index is 0.318. The molecule has 1 aliphatic heterocycles. The third-order valence-corrected chi connectivity index (χ3v) is 5.89. The molecule has 1 aliphatic carbocycles. The van der Waals surface area contributed by atoms with Crippen molar-refractivity contribution in [2.75, 3.05) is 5.75 Å². The molecule has 1 spiro atoms. The van der Waals surface area contributed by atoms with Gasteiger partial charge < -0.3 is 5.32 Å². The predicted molar refractivity (Wildman–Crippen MR) is 90.7 cm³/mol.